The first-order valence-corrected chi connectivity index (χ1v) is 4.50. The Bertz CT molecular complexity index is 251. The summed E-state index contributed by atoms with van der Waals surface area (Å²) in [6, 6.07) is 0.743. The molecule has 1 aliphatic carbocycles. The monoisotopic (exact) mass is 166 g/mol. The van der Waals surface area contributed by atoms with Crippen LogP contribution in [0.25, 0.3) is 0 Å². The molecule has 1 aromatic heterocycles. The summed E-state index contributed by atoms with van der Waals surface area (Å²) in [5, 5.41) is 11.3. The first-order chi connectivity index (χ1) is 5.90. The number of hydrogen-bond acceptors (Lipinski definition) is 3. The van der Waals surface area contributed by atoms with Crippen molar-refractivity contribution in [2.45, 2.75) is 38.9 Å². The van der Waals surface area contributed by atoms with Crippen LogP contribution in [-0.4, -0.2) is 20.8 Å². The van der Waals surface area contributed by atoms with Gasteiger partial charge in [-0.25, -0.2) is 0 Å². The molecule has 1 fully saturated rings. The first-order valence-electron chi connectivity index (χ1n) is 4.50. The Morgan fingerprint density at radius 1 is 1.67 bits per heavy atom. The van der Waals surface area contributed by atoms with Crippen molar-refractivity contribution in [1.82, 2.24) is 20.1 Å². The van der Waals surface area contributed by atoms with Gasteiger partial charge in [-0.05, 0) is 19.8 Å². The van der Waals surface area contributed by atoms with Gasteiger partial charge in [0.05, 0.1) is 6.54 Å². The van der Waals surface area contributed by atoms with E-state index in [1.165, 1.54) is 12.8 Å². The fourth-order valence-electron chi connectivity index (χ4n) is 1.20. The van der Waals surface area contributed by atoms with Crippen LogP contribution in [0.5, 0.6) is 0 Å². The van der Waals surface area contributed by atoms with Gasteiger partial charge in [0.25, 0.3) is 0 Å². The number of nitrogens with one attached hydrogen (secondary N) is 1. The summed E-state index contributed by atoms with van der Waals surface area (Å²) in [5.41, 5.74) is 0. The molecule has 0 unspecified atom stereocenters. The van der Waals surface area contributed by atoms with Gasteiger partial charge < -0.3 is 9.88 Å². The van der Waals surface area contributed by atoms with E-state index in [0.717, 1.165) is 25.0 Å². The zero-order valence-corrected chi connectivity index (χ0v) is 7.32. The highest BCUT2D eigenvalue weighted by Crippen LogP contribution is 2.18. The van der Waals surface area contributed by atoms with E-state index in [1.54, 1.807) is 6.33 Å². The van der Waals surface area contributed by atoms with Crippen LogP contribution in [0.4, 0.5) is 0 Å². The molecule has 1 saturated carbocycles. The summed E-state index contributed by atoms with van der Waals surface area (Å²) in [7, 11) is 0. The Labute approximate surface area is 72.0 Å². The van der Waals surface area contributed by atoms with Crippen LogP contribution in [0.1, 0.15) is 25.6 Å². The van der Waals surface area contributed by atoms with Gasteiger partial charge in [0.1, 0.15) is 12.2 Å². The van der Waals surface area contributed by atoms with Crippen molar-refractivity contribution in [2.24, 2.45) is 0 Å². The second kappa shape index (κ2) is 3.23. The number of rotatable bonds is 4. The van der Waals surface area contributed by atoms with E-state index in [4.69, 9.17) is 0 Å². The van der Waals surface area contributed by atoms with E-state index in [1.807, 2.05) is 0 Å². The Hall–Kier alpha value is -0.900. The molecule has 0 spiro atoms. The molecular weight excluding hydrogens is 152 g/mol. The van der Waals surface area contributed by atoms with Gasteiger partial charge in [-0.1, -0.05) is 0 Å². The van der Waals surface area contributed by atoms with E-state index in [9.17, 15) is 0 Å². The average molecular weight is 166 g/mol. The fourth-order valence-corrected chi connectivity index (χ4v) is 1.20. The van der Waals surface area contributed by atoms with Crippen molar-refractivity contribution in [2.75, 3.05) is 0 Å². The smallest absolute Gasteiger partial charge is 0.146 e. The zero-order chi connectivity index (χ0) is 8.39. The summed E-state index contributed by atoms with van der Waals surface area (Å²) in [6.45, 7) is 3.91. The molecular formula is C8H14N4. The third-order valence-electron chi connectivity index (χ3n) is 2.16. The van der Waals surface area contributed by atoms with Gasteiger partial charge in [-0.15, -0.1) is 10.2 Å². The lowest BCUT2D eigenvalue weighted by Gasteiger charge is -2.03. The molecule has 4 heteroatoms. The normalized spacial score (nSPS) is 16.8. The Morgan fingerprint density at radius 2 is 2.50 bits per heavy atom. The predicted molar refractivity (Wildman–Crippen MR) is 45.6 cm³/mol. The van der Waals surface area contributed by atoms with Crippen LogP contribution >= 0.6 is 0 Å². The topological polar surface area (TPSA) is 42.7 Å². The molecule has 0 saturated heterocycles. The zero-order valence-electron chi connectivity index (χ0n) is 7.32. The van der Waals surface area contributed by atoms with Crippen LogP contribution in [0.2, 0.25) is 0 Å². The predicted octanol–water partition coefficient (Wildman–Crippen LogP) is 0.550. The lowest BCUT2D eigenvalue weighted by molar-refractivity contribution is 0.609. The summed E-state index contributed by atoms with van der Waals surface area (Å²) < 4.78 is 2.06. The quantitative estimate of drug-likeness (QED) is 0.710. The van der Waals surface area contributed by atoms with Gasteiger partial charge in [0.15, 0.2) is 0 Å². The van der Waals surface area contributed by atoms with Crippen LogP contribution < -0.4 is 5.32 Å². The van der Waals surface area contributed by atoms with E-state index in [-0.39, 0.29) is 0 Å². The van der Waals surface area contributed by atoms with Crippen LogP contribution in [0.15, 0.2) is 6.33 Å². The minimum Gasteiger partial charge on any atom is -0.317 e. The molecule has 1 aromatic rings. The molecule has 0 aliphatic heterocycles. The number of nitrogens with zero attached hydrogens (tertiary/aromatic N) is 3. The van der Waals surface area contributed by atoms with Gasteiger partial charge in [0, 0.05) is 12.6 Å². The van der Waals surface area contributed by atoms with Gasteiger partial charge in [-0.3, -0.25) is 0 Å². The third kappa shape index (κ3) is 1.64. The highest BCUT2D eigenvalue weighted by Gasteiger charge is 2.20. The van der Waals surface area contributed by atoms with Crippen LogP contribution in [0, 0.1) is 0 Å². The van der Waals surface area contributed by atoms with Gasteiger partial charge >= 0.3 is 0 Å². The van der Waals surface area contributed by atoms with Crippen molar-refractivity contribution in [1.29, 1.82) is 0 Å². The van der Waals surface area contributed by atoms with Gasteiger partial charge in [-0.2, -0.15) is 0 Å². The maximum atomic E-state index is 4.04. The van der Waals surface area contributed by atoms with E-state index in [0.29, 0.717) is 0 Å². The maximum Gasteiger partial charge on any atom is 0.146 e. The summed E-state index contributed by atoms with van der Waals surface area (Å²) in [5.74, 6) is 1.05. The van der Waals surface area contributed by atoms with Crippen LogP contribution in [-0.2, 0) is 13.1 Å². The van der Waals surface area contributed by atoms with Crippen molar-refractivity contribution in [3.8, 4) is 0 Å². The fraction of sp³-hybridized carbons (Fsp3) is 0.750. The molecule has 0 amide bonds. The van der Waals surface area contributed by atoms with E-state index < -0.39 is 0 Å². The summed E-state index contributed by atoms with van der Waals surface area (Å²) in [6.07, 6.45) is 4.42. The van der Waals surface area contributed by atoms with Gasteiger partial charge in [0.2, 0.25) is 0 Å². The Morgan fingerprint density at radius 3 is 3.17 bits per heavy atom. The lowest BCUT2D eigenvalue weighted by Crippen LogP contribution is -2.18. The molecule has 1 aliphatic rings. The van der Waals surface area contributed by atoms with Crippen molar-refractivity contribution in [3.05, 3.63) is 12.2 Å². The molecule has 12 heavy (non-hydrogen) atoms. The molecule has 0 radical (unpaired) electrons. The number of hydrogen-bond donors (Lipinski definition) is 1. The molecule has 4 nitrogen and oxygen atoms in total. The molecule has 2 rings (SSSR count). The molecule has 0 bridgehead atoms. The number of aryl methyl sites for hydroxylation is 1. The Kier molecular flexibility index (Phi) is 2.08. The molecule has 0 atom stereocenters. The van der Waals surface area contributed by atoms with Crippen molar-refractivity contribution in [3.63, 3.8) is 0 Å². The standard InChI is InChI=1S/C8H14N4/c1-2-12-6-10-11-8(12)5-9-7-3-4-7/h6-7,9H,2-5H2,1H3. The van der Waals surface area contributed by atoms with E-state index >= 15 is 0 Å². The third-order valence-corrected chi connectivity index (χ3v) is 2.16. The summed E-state index contributed by atoms with van der Waals surface area (Å²) >= 11 is 0. The number of aromatic nitrogens is 3. The molecule has 0 aromatic carbocycles. The molecule has 66 valence electrons. The van der Waals surface area contributed by atoms with E-state index in [2.05, 4.69) is 27.0 Å². The molecule has 1 heterocycles. The lowest BCUT2D eigenvalue weighted by atomic mass is 10.5. The second-order valence-corrected chi connectivity index (χ2v) is 3.19. The highest BCUT2D eigenvalue weighted by atomic mass is 15.3. The summed E-state index contributed by atoms with van der Waals surface area (Å²) in [4.78, 5) is 0. The SMILES string of the molecule is CCn1cnnc1CNC1CC1. The first kappa shape index (κ1) is 7.73. The van der Waals surface area contributed by atoms with Crippen LogP contribution in [0.3, 0.4) is 0 Å². The van der Waals surface area contributed by atoms with Crippen molar-refractivity contribution < 1.29 is 0 Å². The average Bonchev–Trinajstić information content (AvgIpc) is 2.81. The Balaban J connectivity index is 1.91. The minimum atomic E-state index is 0.743. The second-order valence-electron chi connectivity index (χ2n) is 3.19. The largest absolute Gasteiger partial charge is 0.317 e. The molecule has 1 N–H and O–H groups in total. The van der Waals surface area contributed by atoms with Crippen molar-refractivity contribution >= 4 is 0 Å². The highest BCUT2D eigenvalue weighted by molar-refractivity contribution is 4.89. The maximum absolute atomic E-state index is 4.04. The minimum absolute atomic E-state index is 0.743.